The molecule has 0 radical (unpaired) electrons. The Kier molecular flexibility index (Phi) is 8.73. The molecular weight excluding hydrogens is 497 g/mol. The Hall–Kier alpha value is -3.40. The molecule has 0 saturated carbocycles. The molecule has 1 heterocycles. The first-order valence-electron chi connectivity index (χ1n) is 11.4. The van der Waals surface area contributed by atoms with E-state index in [0.29, 0.717) is 23.3 Å². The number of fused-ring (bicyclic) bond motifs is 1. The Morgan fingerprint density at radius 3 is 2.42 bits per heavy atom. The minimum Gasteiger partial charge on any atom is -0.369 e. The van der Waals surface area contributed by atoms with Crippen LogP contribution in [-0.4, -0.2) is 35.8 Å². The van der Waals surface area contributed by atoms with Gasteiger partial charge in [-0.1, -0.05) is 67.4 Å². The van der Waals surface area contributed by atoms with E-state index in [1.54, 1.807) is 55.5 Å². The van der Waals surface area contributed by atoms with Gasteiger partial charge in [-0.2, -0.15) is 13.2 Å². The Labute approximate surface area is 211 Å². The van der Waals surface area contributed by atoms with Crippen LogP contribution >= 0.6 is 11.6 Å². The monoisotopic (exact) mass is 522 g/mol. The number of para-hydroxylation sites is 1. The summed E-state index contributed by atoms with van der Waals surface area (Å²) in [6.45, 7) is 1.73. The number of hydrogen-bond donors (Lipinski definition) is 3. The molecule has 192 valence electrons. The van der Waals surface area contributed by atoms with Crippen molar-refractivity contribution in [1.82, 2.24) is 5.32 Å². The summed E-state index contributed by atoms with van der Waals surface area (Å²) in [7, 11) is 0. The summed E-state index contributed by atoms with van der Waals surface area (Å²) in [6, 6.07) is 13.8. The smallest absolute Gasteiger partial charge is 0.369 e. The summed E-state index contributed by atoms with van der Waals surface area (Å²) in [4.78, 5) is 42.8. The third-order valence-corrected chi connectivity index (χ3v) is 6.19. The van der Waals surface area contributed by atoms with E-state index in [2.05, 4.69) is 15.6 Å². The molecule has 3 unspecified atom stereocenters. The molecule has 0 aromatic heterocycles. The Morgan fingerprint density at radius 1 is 1.11 bits per heavy atom. The molecule has 2 aromatic carbocycles. The van der Waals surface area contributed by atoms with Gasteiger partial charge in [0.05, 0.1) is 16.4 Å². The van der Waals surface area contributed by atoms with Crippen LogP contribution in [0, 0.1) is 11.8 Å². The van der Waals surface area contributed by atoms with Crippen LogP contribution in [0.2, 0.25) is 5.02 Å². The number of nitrogens with one attached hydrogen (secondary N) is 2. The summed E-state index contributed by atoms with van der Waals surface area (Å²) in [5.74, 6) is -5.04. The standard InChI is InChI=1S/C25H26ClF3N4O3/c1-2-7-15(21(30)34)16(12-13-25(27,28)29)23(35)33-22-24(36)32-20-17(10-6-11-18(20)26)19(31-22)14-8-4-3-5-9-14/h3-6,8-11,15-16,22H,2,7,12-13H2,1H3,(H2,30,34)(H,32,36)(H,33,35). The number of amides is 3. The van der Waals surface area contributed by atoms with E-state index in [-0.39, 0.29) is 17.1 Å². The number of nitrogens with two attached hydrogens (primary N) is 1. The molecule has 0 spiro atoms. The Balaban J connectivity index is 1.99. The van der Waals surface area contributed by atoms with E-state index in [1.807, 2.05) is 0 Å². The Bertz CT molecular complexity index is 1150. The van der Waals surface area contributed by atoms with Gasteiger partial charge < -0.3 is 16.4 Å². The molecule has 0 fully saturated rings. The van der Waals surface area contributed by atoms with Crippen LogP contribution in [0.1, 0.15) is 43.7 Å². The van der Waals surface area contributed by atoms with Gasteiger partial charge in [-0.05, 0) is 18.9 Å². The molecule has 3 amide bonds. The quantitative estimate of drug-likeness (QED) is 0.452. The second-order valence-corrected chi connectivity index (χ2v) is 8.87. The minimum atomic E-state index is -4.54. The van der Waals surface area contributed by atoms with Crippen molar-refractivity contribution < 1.29 is 27.6 Å². The zero-order valence-corrected chi connectivity index (χ0v) is 20.2. The molecule has 2 aromatic rings. The van der Waals surface area contributed by atoms with Gasteiger partial charge in [-0.25, -0.2) is 4.99 Å². The van der Waals surface area contributed by atoms with Crippen molar-refractivity contribution in [1.29, 1.82) is 0 Å². The van der Waals surface area contributed by atoms with Gasteiger partial charge in [-0.3, -0.25) is 14.4 Å². The number of alkyl halides is 3. The van der Waals surface area contributed by atoms with E-state index in [4.69, 9.17) is 17.3 Å². The number of benzodiazepines with no additional fused rings is 1. The van der Waals surface area contributed by atoms with Crippen LogP contribution in [0.25, 0.3) is 0 Å². The van der Waals surface area contributed by atoms with E-state index in [1.165, 1.54) is 0 Å². The molecule has 0 saturated heterocycles. The number of rotatable bonds is 9. The van der Waals surface area contributed by atoms with E-state index < -0.39 is 54.7 Å². The molecule has 3 rings (SSSR count). The topological polar surface area (TPSA) is 114 Å². The number of carbonyl (C=O) groups is 3. The maximum Gasteiger partial charge on any atom is 0.389 e. The minimum absolute atomic E-state index is 0.127. The lowest BCUT2D eigenvalue weighted by Gasteiger charge is -2.25. The molecule has 1 aliphatic rings. The number of primary amides is 1. The van der Waals surface area contributed by atoms with Crippen molar-refractivity contribution in [2.75, 3.05) is 5.32 Å². The fourth-order valence-corrected chi connectivity index (χ4v) is 4.37. The van der Waals surface area contributed by atoms with Gasteiger partial charge >= 0.3 is 6.18 Å². The molecule has 1 aliphatic heterocycles. The van der Waals surface area contributed by atoms with Gasteiger partial charge in [0.15, 0.2) is 0 Å². The van der Waals surface area contributed by atoms with Crippen molar-refractivity contribution in [3.63, 3.8) is 0 Å². The van der Waals surface area contributed by atoms with Crippen LogP contribution in [0.4, 0.5) is 18.9 Å². The average molecular weight is 523 g/mol. The molecule has 4 N–H and O–H groups in total. The number of hydrogen-bond acceptors (Lipinski definition) is 4. The van der Waals surface area contributed by atoms with Crippen molar-refractivity contribution in [2.45, 2.75) is 44.9 Å². The van der Waals surface area contributed by atoms with Crippen LogP contribution < -0.4 is 16.4 Å². The highest BCUT2D eigenvalue weighted by Crippen LogP contribution is 2.32. The lowest BCUT2D eigenvalue weighted by Crippen LogP contribution is -2.48. The van der Waals surface area contributed by atoms with Crippen LogP contribution in [-0.2, 0) is 14.4 Å². The molecule has 11 heteroatoms. The zero-order valence-electron chi connectivity index (χ0n) is 19.4. The Morgan fingerprint density at radius 2 is 1.81 bits per heavy atom. The highest BCUT2D eigenvalue weighted by molar-refractivity contribution is 6.36. The molecule has 7 nitrogen and oxygen atoms in total. The predicted octanol–water partition coefficient (Wildman–Crippen LogP) is 4.43. The first kappa shape index (κ1) is 27.2. The summed E-state index contributed by atoms with van der Waals surface area (Å²) in [5.41, 5.74) is 7.22. The van der Waals surface area contributed by atoms with Crippen LogP contribution in [0.3, 0.4) is 0 Å². The molecule has 0 aliphatic carbocycles. The summed E-state index contributed by atoms with van der Waals surface area (Å²) in [6.07, 6.45) is -7.41. The highest BCUT2D eigenvalue weighted by atomic mass is 35.5. The second-order valence-electron chi connectivity index (χ2n) is 8.46. The van der Waals surface area contributed by atoms with E-state index in [0.717, 1.165) is 0 Å². The van der Waals surface area contributed by atoms with E-state index in [9.17, 15) is 27.6 Å². The average Bonchev–Trinajstić information content (AvgIpc) is 2.95. The van der Waals surface area contributed by atoms with Gasteiger partial charge in [-0.15, -0.1) is 0 Å². The summed E-state index contributed by atoms with van der Waals surface area (Å²) < 4.78 is 39.0. The summed E-state index contributed by atoms with van der Waals surface area (Å²) in [5, 5.41) is 5.33. The predicted molar refractivity (Wildman–Crippen MR) is 130 cm³/mol. The normalized spacial score (nSPS) is 17.2. The van der Waals surface area contributed by atoms with Crippen molar-refractivity contribution in [3.05, 3.63) is 64.7 Å². The third kappa shape index (κ3) is 6.63. The number of nitrogens with zero attached hydrogens (tertiary/aromatic N) is 1. The van der Waals surface area contributed by atoms with Gasteiger partial charge in [0.1, 0.15) is 0 Å². The number of halogens is 4. The molecule has 36 heavy (non-hydrogen) atoms. The zero-order chi connectivity index (χ0) is 26.5. The summed E-state index contributed by atoms with van der Waals surface area (Å²) >= 11 is 6.32. The lowest BCUT2D eigenvalue weighted by molar-refractivity contribution is -0.146. The van der Waals surface area contributed by atoms with E-state index >= 15 is 0 Å². The number of carbonyl (C=O) groups excluding carboxylic acids is 3. The van der Waals surface area contributed by atoms with Crippen LogP contribution in [0.15, 0.2) is 53.5 Å². The van der Waals surface area contributed by atoms with Crippen molar-refractivity contribution >= 4 is 40.7 Å². The largest absolute Gasteiger partial charge is 0.389 e. The fraction of sp³-hybridized carbons (Fsp3) is 0.360. The molecule has 0 bridgehead atoms. The van der Waals surface area contributed by atoms with Gasteiger partial charge in [0.2, 0.25) is 18.0 Å². The number of aliphatic imine (C=N–C) groups is 1. The fourth-order valence-electron chi connectivity index (χ4n) is 4.15. The number of benzene rings is 2. The first-order valence-corrected chi connectivity index (χ1v) is 11.8. The third-order valence-electron chi connectivity index (χ3n) is 5.88. The lowest BCUT2D eigenvalue weighted by atomic mass is 9.83. The maximum absolute atomic E-state index is 13.2. The molecule has 3 atom stereocenters. The van der Waals surface area contributed by atoms with Crippen molar-refractivity contribution in [3.8, 4) is 0 Å². The van der Waals surface area contributed by atoms with Crippen LogP contribution in [0.5, 0.6) is 0 Å². The molecular formula is C25H26ClF3N4O3. The van der Waals surface area contributed by atoms with Gasteiger partial charge in [0.25, 0.3) is 5.91 Å². The van der Waals surface area contributed by atoms with Crippen molar-refractivity contribution in [2.24, 2.45) is 22.6 Å². The highest BCUT2D eigenvalue weighted by Gasteiger charge is 2.38. The van der Waals surface area contributed by atoms with Gasteiger partial charge in [0, 0.05) is 29.4 Å². The SMILES string of the molecule is CCCC(C(N)=O)C(CCC(F)(F)F)C(=O)NC1N=C(c2ccccc2)c2cccc(Cl)c2NC1=O. The first-order chi connectivity index (χ1) is 17.0. The number of anilines is 1. The second kappa shape index (κ2) is 11.6. The maximum atomic E-state index is 13.2.